The number of piperazine rings is 1. The zero-order chi connectivity index (χ0) is 32.8. The predicted molar refractivity (Wildman–Crippen MR) is 175 cm³/mol. The highest BCUT2D eigenvalue weighted by Gasteiger charge is 2.37. The molecule has 2 heterocycles. The monoisotopic (exact) mass is 629 g/mol. The van der Waals surface area contributed by atoms with Crippen molar-refractivity contribution >= 4 is 11.8 Å². The first-order valence-electron chi connectivity index (χ1n) is 16.2. The van der Waals surface area contributed by atoms with E-state index in [1.807, 2.05) is 86.3 Å². The zero-order valence-corrected chi connectivity index (χ0v) is 27.0. The number of aliphatic hydroxyl groups is 2. The van der Waals surface area contributed by atoms with Crippen LogP contribution < -0.4 is 15.4 Å². The number of carbonyl (C=O) groups excluding carboxylic acids is 2. The summed E-state index contributed by atoms with van der Waals surface area (Å²) in [5.41, 5.74) is 3.37. The van der Waals surface area contributed by atoms with Crippen molar-refractivity contribution in [3.63, 3.8) is 0 Å². The van der Waals surface area contributed by atoms with Crippen LogP contribution in [0, 0.1) is 11.1 Å². The van der Waals surface area contributed by atoms with E-state index in [1.54, 1.807) is 12.3 Å². The number of aliphatic hydroxyl groups excluding tert-OH is 2. The molecule has 1 aliphatic heterocycles. The first kappa shape index (κ1) is 33.5. The molecule has 2 aromatic carbocycles. The van der Waals surface area contributed by atoms with Crippen LogP contribution in [0.5, 0.6) is 0 Å². The molecule has 5 rings (SSSR count). The summed E-state index contributed by atoms with van der Waals surface area (Å²) in [5.74, 6) is -0.879. The first-order valence-corrected chi connectivity index (χ1v) is 16.2. The van der Waals surface area contributed by atoms with Crippen molar-refractivity contribution in [2.75, 3.05) is 26.2 Å². The zero-order valence-electron chi connectivity index (χ0n) is 27.0. The minimum absolute atomic E-state index is 0.121. The molecule has 0 radical (unpaired) electrons. The van der Waals surface area contributed by atoms with E-state index in [-0.39, 0.29) is 24.8 Å². The Labute approximate surface area is 271 Å². The Morgan fingerprint density at radius 1 is 1.02 bits per heavy atom. The van der Waals surface area contributed by atoms with Gasteiger partial charge in [-0.25, -0.2) is 0 Å². The molecular formula is C36H47N5O5. The number of rotatable bonds is 11. The van der Waals surface area contributed by atoms with Crippen LogP contribution >= 0.6 is 0 Å². The van der Waals surface area contributed by atoms with Crippen LogP contribution in [0.1, 0.15) is 55.5 Å². The van der Waals surface area contributed by atoms with E-state index >= 15 is 0 Å². The van der Waals surface area contributed by atoms with Gasteiger partial charge in [0, 0.05) is 62.2 Å². The minimum Gasteiger partial charge on any atom is -0.619 e. The average Bonchev–Trinajstić information content (AvgIpc) is 3.31. The van der Waals surface area contributed by atoms with E-state index in [0.29, 0.717) is 39.0 Å². The van der Waals surface area contributed by atoms with E-state index in [0.717, 1.165) is 27.0 Å². The normalized spacial score (nSPS) is 21.7. The second-order valence-corrected chi connectivity index (χ2v) is 13.8. The second-order valence-electron chi connectivity index (χ2n) is 13.8. The van der Waals surface area contributed by atoms with E-state index in [9.17, 15) is 25.0 Å². The Kier molecular flexibility index (Phi) is 10.7. The van der Waals surface area contributed by atoms with Gasteiger partial charge in [-0.15, -0.1) is 0 Å². The average molecular weight is 630 g/mol. The van der Waals surface area contributed by atoms with Crippen molar-refractivity contribution in [3.8, 4) is 0 Å². The van der Waals surface area contributed by atoms with E-state index in [1.165, 1.54) is 6.20 Å². The lowest BCUT2D eigenvalue weighted by Gasteiger charge is -2.42. The number of aromatic nitrogens is 1. The number of fused-ring (bicyclic) bond motifs is 1. The van der Waals surface area contributed by atoms with Crippen LogP contribution in [-0.4, -0.2) is 81.8 Å². The molecule has 246 valence electrons. The molecule has 5 unspecified atom stereocenters. The third-order valence-corrected chi connectivity index (χ3v) is 8.82. The summed E-state index contributed by atoms with van der Waals surface area (Å²) in [6.45, 7) is 8.23. The van der Waals surface area contributed by atoms with Gasteiger partial charge in [-0.1, -0.05) is 54.6 Å². The van der Waals surface area contributed by atoms with Crippen molar-refractivity contribution < 1.29 is 24.5 Å². The Balaban J connectivity index is 1.29. The molecular weight excluding hydrogens is 582 g/mol. The lowest BCUT2D eigenvalue weighted by atomic mass is 9.91. The highest BCUT2D eigenvalue weighted by molar-refractivity contribution is 5.83. The second kappa shape index (κ2) is 14.7. The minimum atomic E-state index is -0.870. The Morgan fingerprint density at radius 3 is 2.48 bits per heavy atom. The van der Waals surface area contributed by atoms with Crippen LogP contribution in [0.3, 0.4) is 0 Å². The van der Waals surface area contributed by atoms with E-state index < -0.39 is 35.7 Å². The van der Waals surface area contributed by atoms with Crippen LogP contribution in [0.2, 0.25) is 0 Å². The topological polar surface area (TPSA) is 132 Å². The molecule has 2 amide bonds. The van der Waals surface area contributed by atoms with E-state index in [4.69, 9.17) is 0 Å². The molecule has 10 heteroatoms. The number of nitrogens with one attached hydrogen (secondary N) is 2. The molecule has 1 fully saturated rings. The van der Waals surface area contributed by atoms with Crippen molar-refractivity contribution in [1.82, 2.24) is 20.4 Å². The number of carbonyl (C=O) groups is 2. The third kappa shape index (κ3) is 8.91. The maximum Gasteiger partial charge on any atom is 0.239 e. The molecule has 3 aromatic rings. The number of amides is 2. The van der Waals surface area contributed by atoms with Gasteiger partial charge in [-0.2, -0.15) is 4.73 Å². The molecule has 0 spiro atoms. The predicted octanol–water partition coefficient (Wildman–Crippen LogP) is 2.11. The van der Waals surface area contributed by atoms with Gasteiger partial charge in [0.05, 0.1) is 18.2 Å². The fourth-order valence-electron chi connectivity index (χ4n) is 6.67. The van der Waals surface area contributed by atoms with Gasteiger partial charge in [-0.3, -0.25) is 19.4 Å². The van der Waals surface area contributed by atoms with Crippen molar-refractivity contribution in [2.24, 2.45) is 5.92 Å². The number of β-amino-alcohol motifs (C(OH)–C–C–N with tert-alkyl or cyclic N) is 1. The lowest BCUT2D eigenvalue weighted by molar-refractivity contribution is -0.605. The SMILES string of the molecule is CC(C)(C)NC(=O)C1CN(Cc2ccc[n+]([O-])c2)CCN1CC(O)CC(Cc1ccccc1)C(=O)NC1c2ccccc2CC1O. The Hall–Kier alpha value is -3.83. The molecule has 4 N–H and O–H groups in total. The molecule has 5 atom stereocenters. The Morgan fingerprint density at radius 2 is 1.74 bits per heavy atom. The standard InChI is InChI=1S/C36H47N5O5/c1-36(2,3)38-35(45)31-24-39(21-26-12-9-15-41(46)22-26)16-17-40(31)23-29(42)19-28(18-25-10-5-4-6-11-25)34(44)37-33-30-14-8-7-13-27(30)20-32(33)43/h4-15,22,28-29,31-33,42-43H,16-21,23-24H2,1-3H3,(H,37,44)(H,38,45). The summed E-state index contributed by atoms with van der Waals surface area (Å²) in [5, 5.41) is 40.3. The van der Waals surface area contributed by atoms with Gasteiger partial charge < -0.3 is 26.1 Å². The molecule has 0 bridgehead atoms. The van der Waals surface area contributed by atoms with Gasteiger partial charge in [0.25, 0.3) is 0 Å². The summed E-state index contributed by atoms with van der Waals surface area (Å²) in [7, 11) is 0. The van der Waals surface area contributed by atoms with Gasteiger partial charge in [0.15, 0.2) is 12.4 Å². The lowest BCUT2D eigenvalue weighted by Crippen LogP contribution is -2.62. The fraction of sp³-hybridized carbons (Fsp3) is 0.472. The highest BCUT2D eigenvalue weighted by Crippen LogP contribution is 2.32. The van der Waals surface area contributed by atoms with Gasteiger partial charge >= 0.3 is 0 Å². The largest absolute Gasteiger partial charge is 0.619 e. The molecule has 0 saturated carbocycles. The van der Waals surface area contributed by atoms with Gasteiger partial charge in [0.1, 0.15) is 6.04 Å². The number of nitrogens with zero attached hydrogens (tertiary/aromatic N) is 3. The highest BCUT2D eigenvalue weighted by atomic mass is 16.5. The summed E-state index contributed by atoms with van der Waals surface area (Å²) in [6, 6.07) is 20.1. The summed E-state index contributed by atoms with van der Waals surface area (Å²) in [4.78, 5) is 31.5. The number of benzene rings is 2. The van der Waals surface area contributed by atoms with Crippen LogP contribution in [0.4, 0.5) is 0 Å². The third-order valence-electron chi connectivity index (χ3n) is 8.82. The summed E-state index contributed by atoms with van der Waals surface area (Å²) < 4.78 is 0.778. The van der Waals surface area contributed by atoms with Crippen LogP contribution in [0.25, 0.3) is 0 Å². The smallest absolute Gasteiger partial charge is 0.239 e. The molecule has 46 heavy (non-hydrogen) atoms. The Bertz CT molecular complexity index is 1480. The fourth-order valence-corrected chi connectivity index (χ4v) is 6.67. The van der Waals surface area contributed by atoms with Crippen molar-refractivity contribution in [2.45, 2.75) is 76.4 Å². The first-order chi connectivity index (χ1) is 21.9. The van der Waals surface area contributed by atoms with Crippen molar-refractivity contribution in [1.29, 1.82) is 0 Å². The number of hydrogen-bond donors (Lipinski definition) is 4. The van der Waals surface area contributed by atoms with Crippen LogP contribution in [0.15, 0.2) is 79.1 Å². The number of pyridine rings is 1. The maximum absolute atomic E-state index is 13.8. The van der Waals surface area contributed by atoms with Crippen molar-refractivity contribution in [3.05, 3.63) is 107 Å². The summed E-state index contributed by atoms with van der Waals surface area (Å²) >= 11 is 0. The van der Waals surface area contributed by atoms with Gasteiger partial charge in [-0.05, 0) is 56.4 Å². The molecule has 1 aliphatic carbocycles. The molecule has 10 nitrogen and oxygen atoms in total. The molecule has 1 saturated heterocycles. The van der Waals surface area contributed by atoms with E-state index in [2.05, 4.69) is 15.5 Å². The van der Waals surface area contributed by atoms with Crippen LogP contribution in [-0.2, 0) is 29.0 Å². The summed E-state index contributed by atoms with van der Waals surface area (Å²) in [6.07, 6.45) is 2.53. The molecule has 1 aromatic heterocycles. The quantitative estimate of drug-likeness (QED) is 0.189. The molecule has 2 aliphatic rings. The van der Waals surface area contributed by atoms with Gasteiger partial charge in [0.2, 0.25) is 11.8 Å². The number of hydrogen-bond acceptors (Lipinski definition) is 7. The maximum atomic E-state index is 13.8.